The Hall–Kier alpha value is -4.40. The second-order valence-corrected chi connectivity index (χ2v) is 6.93. The molecule has 0 atom stereocenters. The van der Waals surface area contributed by atoms with Gasteiger partial charge in [-0.05, 0) is 43.3 Å². The maximum Gasteiger partial charge on any atom is 0.337 e. The Morgan fingerprint density at radius 1 is 1.06 bits per heavy atom. The summed E-state index contributed by atoms with van der Waals surface area (Å²) in [5, 5.41) is 19.0. The minimum Gasteiger partial charge on any atom is -0.478 e. The Morgan fingerprint density at radius 2 is 1.88 bits per heavy atom. The molecule has 0 saturated heterocycles. The molecule has 0 unspecified atom stereocenters. The molecule has 0 amide bonds. The Bertz CT molecular complexity index is 1240. The molecule has 0 fully saturated rings. The van der Waals surface area contributed by atoms with Gasteiger partial charge < -0.3 is 25.5 Å². The summed E-state index contributed by atoms with van der Waals surface area (Å²) in [7, 11) is 1.76. The molecule has 9 heteroatoms. The van der Waals surface area contributed by atoms with Gasteiger partial charge in [0.25, 0.3) is 0 Å². The zero-order valence-corrected chi connectivity index (χ0v) is 17.6. The Labute approximate surface area is 184 Å². The molecule has 0 saturated carbocycles. The zero-order valence-electron chi connectivity index (χ0n) is 17.6. The predicted octanol–water partition coefficient (Wildman–Crippen LogP) is 4.54. The molecule has 3 aromatic heterocycles. The summed E-state index contributed by atoms with van der Waals surface area (Å²) in [4.78, 5) is 24.6. The minimum absolute atomic E-state index is 0.146. The summed E-state index contributed by atoms with van der Waals surface area (Å²) < 4.78 is 5.94. The van der Waals surface area contributed by atoms with Crippen LogP contribution in [0.3, 0.4) is 0 Å². The molecule has 32 heavy (non-hydrogen) atoms. The van der Waals surface area contributed by atoms with E-state index in [-0.39, 0.29) is 5.56 Å². The summed E-state index contributed by atoms with van der Waals surface area (Å²) in [6.07, 6.45) is 3.45. The lowest BCUT2D eigenvalue weighted by Gasteiger charge is -2.17. The highest BCUT2D eigenvalue weighted by Gasteiger charge is 2.16. The van der Waals surface area contributed by atoms with Crippen LogP contribution in [0.2, 0.25) is 0 Å². The van der Waals surface area contributed by atoms with Gasteiger partial charge in [-0.15, -0.1) is 0 Å². The first-order chi connectivity index (χ1) is 15.5. The topological polar surface area (TPSA) is 125 Å². The number of anilines is 4. The summed E-state index contributed by atoms with van der Waals surface area (Å²) >= 11 is 0. The van der Waals surface area contributed by atoms with Crippen molar-refractivity contribution >= 4 is 29.0 Å². The number of hydrogen-bond acceptors (Lipinski definition) is 8. The molecule has 0 aliphatic rings. The number of nitrogens with zero attached hydrogens (tertiary/aromatic N) is 3. The smallest absolute Gasteiger partial charge is 0.337 e. The van der Waals surface area contributed by atoms with Crippen molar-refractivity contribution in [3.8, 4) is 11.3 Å². The van der Waals surface area contributed by atoms with Crippen LogP contribution in [0.1, 0.15) is 21.9 Å². The van der Waals surface area contributed by atoms with Crippen LogP contribution in [0, 0.1) is 6.92 Å². The zero-order chi connectivity index (χ0) is 22.5. The van der Waals surface area contributed by atoms with Crippen LogP contribution in [-0.4, -0.2) is 33.1 Å². The third kappa shape index (κ3) is 4.51. The number of hydrogen-bond donors (Lipinski definition) is 4. The number of benzene rings is 1. The molecule has 9 nitrogen and oxygen atoms in total. The number of aromatic carboxylic acids is 1. The lowest BCUT2D eigenvalue weighted by Crippen LogP contribution is -2.11. The lowest BCUT2D eigenvalue weighted by atomic mass is 10.2. The number of carboxylic acid groups (broad SMARTS) is 1. The fourth-order valence-corrected chi connectivity index (χ4v) is 3.23. The van der Waals surface area contributed by atoms with Gasteiger partial charge in [-0.25, -0.2) is 14.8 Å². The highest BCUT2D eigenvalue weighted by molar-refractivity contribution is 5.96. The fraction of sp³-hybridized carbons (Fsp3) is 0.130. The Kier molecular flexibility index (Phi) is 5.98. The normalized spacial score (nSPS) is 10.6. The van der Waals surface area contributed by atoms with E-state index in [9.17, 15) is 9.90 Å². The van der Waals surface area contributed by atoms with Crippen molar-refractivity contribution < 1.29 is 14.3 Å². The average molecular weight is 430 g/mol. The summed E-state index contributed by atoms with van der Waals surface area (Å²) in [5.41, 5.74) is 2.06. The van der Waals surface area contributed by atoms with E-state index in [2.05, 4.69) is 30.9 Å². The molecule has 4 N–H and O–H groups in total. The van der Waals surface area contributed by atoms with Crippen molar-refractivity contribution in [1.29, 1.82) is 0 Å². The SMILES string of the molecule is CNc1nc(C)nc(Nc2ccccc2C(=O)O)c1NCc1ccc(-c2cccnc2)o1. The highest BCUT2D eigenvalue weighted by atomic mass is 16.4. The molecule has 4 rings (SSSR count). The van der Waals surface area contributed by atoms with Crippen molar-refractivity contribution in [3.63, 3.8) is 0 Å². The molecule has 0 radical (unpaired) electrons. The van der Waals surface area contributed by atoms with Crippen LogP contribution in [-0.2, 0) is 6.54 Å². The molecule has 0 spiro atoms. The average Bonchev–Trinajstić information content (AvgIpc) is 3.28. The second kappa shape index (κ2) is 9.17. The minimum atomic E-state index is -1.03. The van der Waals surface area contributed by atoms with Crippen molar-refractivity contribution in [3.05, 3.63) is 78.1 Å². The number of carboxylic acids is 1. The summed E-state index contributed by atoms with van der Waals surface area (Å²) in [5.74, 6) is 1.97. The van der Waals surface area contributed by atoms with Crippen molar-refractivity contribution in [2.75, 3.05) is 23.0 Å². The maximum absolute atomic E-state index is 11.6. The number of rotatable bonds is 8. The van der Waals surface area contributed by atoms with E-state index in [1.165, 1.54) is 6.07 Å². The van der Waals surface area contributed by atoms with Crippen molar-refractivity contribution in [1.82, 2.24) is 15.0 Å². The molecule has 0 bridgehead atoms. The molecule has 3 heterocycles. The van der Waals surface area contributed by atoms with Gasteiger partial charge in [0.1, 0.15) is 23.0 Å². The van der Waals surface area contributed by atoms with E-state index in [1.54, 1.807) is 44.6 Å². The number of furan rings is 1. The van der Waals surface area contributed by atoms with Gasteiger partial charge in [-0.1, -0.05) is 12.1 Å². The largest absolute Gasteiger partial charge is 0.478 e. The van der Waals surface area contributed by atoms with Gasteiger partial charge in [-0.2, -0.15) is 0 Å². The molecule has 0 aliphatic heterocycles. The van der Waals surface area contributed by atoms with E-state index in [0.29, 0.717) is 41.1 Å². The van der Waals surface area contributed by atoms with Crippen LogP contribution in [0.15, 0.2) is 65.3 Å². The number of aromatic nitrogens is 3. The molecule has 162 valence electrons. The third-order valence-corrected chi connectivity index (χ3v) is 4.72. The van der Waals surface area contributed by atoms with E-state index in [0.717, 1.165) is 11.3 Å². The van der Waals surface area contributed by atoms with Crippen LogP contribution in [0.5, 0.6) is 0 Å². The lowest BCUT2D eigenvalue weighted by molar-refractivity contribution is 0.0698. The van der Waals surface area contributed by atoms with Crippen molar-refractivity contribution in [2.45, 2.75) is 13.5 Å². The highest BCUT2D eigenvalue weighted by Crippen LogP contribution is 2.32. The summed E-state index contributed by atoms with van der Waals surface area (Å²) in [6.45, 7) is 2.14. The van der Waals surface area contributed by atoms with Gasteiger partial charge in [0, 0.05) is 25.0 Å². The molecule has 1 aromatic carbocycles. The summed E-state index contributed by atoms with van der Waals surface area (Å²) in [6, 6.07) is 14.2. The number of carbonyl (C=O) groups is 1. The van der Waals surface area contributed by atoms with E-state index in [1.807, 2.05) is 24.3 Å². The molecular formula is C23H22N6O3. The third-order valence-electron chi connectivity index (χ3n) is 4.72. The molecular weight excluding hydrogens is 408 g/mol. The predicted molar refractivity (Wildman–Crippen MR) is 122 cm³/mol. The monoisotopic (exact) mass is 430 g/mol. The van der Waals surface area contributed by atoms with Crippen LogP contribution < -0.4 is 16.0 Å². The first-order valence-corrected chi connectivity index (χ1v) is 9.94. The van der Waals surface area contributed by atoms with Crippen molar-refractivity contribution in [2.24, 2.45) is 0 Å². The van der Waals surface area contributed by atoms with Gasteiger partial charge >= 0.3 is 5.97 Å². The first-order valence-electron chi connectivity index (χ1n) is 9.94. The number of nitrogens with one attached hydrogen (secondary N) is 3. The Morgan fingerprint density at radius 3 is 2.62 bits per heavy atom. The van der Waals surface area contributed by atoms with Crippen LogP contribution >= 0.6 is 0 Å². The van der Waals surface area contributed by atoms with Gasteiger partial charge in [0.2, 0.25) is 0 Å². The van der Waals surface area contributed by atoms with Gasteiger partial charge in [-0.3, -0.25) is 4.98 Å². The first kappa shape index (κ1) is 20.9. The molecule has 0 aliphatic carbocycles. The molecule has 4 aromatic rings. The Balaban J connectivity index is 1.61. The second-order valence-electron chi connectivity index (χ2n) is 6.93. The number of pyridine rings is 1. The standard InChI is InChI=1S/C23H22N6O3/c1-14-27-21(24-2)20(22(28-14)29-18-8-4-3-7-17(18)23(30)31)26-13-16-9-10-19(32-16)15-6-5-11-25-12-15/h3-12,26H,13H2,1-2H3,(H,30,31)(H2,24,27,28,29). The van der Waals surface area contributed by atoms with E-state index in [4.69, 9.17) is 4.42 Å². The van der Waals surface area contributed by atoms with Crippen LogP contribution in [0.4, 0.5) is 23.0 Å². The van der Waals surface area contributed by atoms with Gasteiger partial charge in [0.05, 0.1) is 17.8 Å². The van der Waals surface area contributed by atoms with E-state index >= 15 is 0 Å². The van der Waals surface area contributed by atoms with E-state index < -0.39 is 5.97 Å². The maximum atomic E-state index is 11.6. The quantitative estimate of drug-likeness (QED) is 0.319. The number of para-hydroxylation sites is 1. The number of aryl methyl sites for hydroxylation is 1. The van der Waals surface area contributed by atoms with Crippen LogP contribution in [0.25, 0.3) is 11.3 Å². The fourth-order valence-electron chi connectivity index (χ4n) is 3.23. The van der Waals surface area contributed by atoms with Gasteiger partial charge in [0.15, 0.2) is 11.6 Å².